The third-order valence-electron chi connectivity index (χ3n) is 3.86. The molecule has 9 heteroatoms. The maximum absolute atomic E-state index is 12.9. The van der Waals surface area contributed by atoms with Crippen molar-refractivity contribution in [1.82, 2.24) is 0 Å². The van der Waals surface area contributed by atoms with Crippen molar-refractivity contribution < 1.29 is 32.4 Å². The first kappa shape index (κ1) is 21.9. The summed E-state index contributed by atoms with van der Waals surface area (Å²) in [6.07, 6.45) is -4.44. The Morgan fingerprint density at radius 3 is 2.41 bits per heavy atom. The highest BCUT2D eigenvalue weighted by Gasteiger charge is 2.30. The lowest BCUT2D eigenvalue weighted by Crippen LogP contribution is -2.19. The number of esters is 1. The Kier molecular flexibility index (Phi) is 7.35. The van der Waals surface area contributed by atoms with E-state index in [-0.39, 0.29) is 23.6 Å². The van der Waals surface area contributed by atoms with Gasteiger partial charge in [0.05, 0.1) is 18.4 Å². The van der Waals surface area contributed by atoms with Crippen LogP contribution >= 0.6 is 0 Å². The van der Waals surface area contributed by atoms with Crippen LogP contribution in [0.2, 0.25) is 0 Å². The number of rotatable bonds is 7. The van der Waals surface area contributed by atoms with E-state index in [9.17, 15) is 18.0 Å². The van der Waals surface area contributed by atoms with Crippen LogP contribution in [0.5, 0.6) is 0 Å². The monoisotopic (exact) mass is 408 g/mol. The van der Waals surface area contributed by atoms with Crippen LogP contribution in [0.4, 0.5) is 13.2 Å². The Balaban J connectivity index is 2.21. The molecule has 0 fully saturated rings. The summed E-state index contributed by atoms with van der Waals surface area (Å²) in [7, 11) is 2.51. The van der Waals surface area contributed by atoms with Crippen LogP contribution in [0, 0.1) is 0 Å². The molecule has 154 valence electrons. The van der Waals surface area contributed by atoms with E-state index in [4.69, 9.17) is 14.4 Å². The molecule has 0 atom stereocenters. The van der Waals surface area contributed by atoms with Gasteiger partial charge in [0.2, 0.25) is 0 Å². The number of alkyl halides is 3. The van der Waals surface area contributed by atoms with E-state index in [0.717, 1.165) is 12.1 Å². The number of hydrogen-bond donors (Lipinski definition) is 0. The zero-order valence-electron chi connectivity index (χ0n) is 16.0. The van der Waals surface area contributed by atoms with Gasteiger partial charge in [-0.15, -0.1) is 0 Å². The van der Waals surface area contributed by atoms with Crippen molar-refractivity contribution in [3.63, 3.8) is 0 Å². The van der Waals surface area contributed by atoms with Crippen LogP contribution in [-0.2, 0) is 32.0 Å². The molecule has 2 rings (SSSR count). The number of hydrogen-bond acceptors (Lipinski definition) is 6. The summed E-state index contributed by atoms with van der Waals surface area (Å²) < 4.78 is 43.3. The Bertz CT molecular complexity index is 924. The first-order chi connectivity index (χ1) is 13.8. The minimum atomic E-state index is -4.44. The maximum Gasteiger partial charge on any atom is 0.416 e. The molecule has 0 heterocycles. The zero-order valence-corrected chi connectivity index (χ0v) is 16.0. The highest BCUT2D eigenvalue weighted by atomic mass is 19.4. The van der Waals surface area contributed by atoms with Crippen molar-refractivity contribution >= 4 is 17.4 Å². The van der Waals surface area contributed by atoms with E-state index >= 15 is 0 Å². The summed E-state index contributed by atoms with van der Waals surface area (Å²) in [4.78, 5) is 21.9. The molecule has 0 bridgehead atoms. The van der Waals surface area contributed by atoms with Gasteiger partial charge >= 0.3 is 12.1 Å². The average Bonchev–Trinajstić information content (AvgIpc) is 2.71. The first-order valence-corrected chi connectivity index (χ1v) is 8.39. The van der Waals surface area contributed by atoms with Gasteiger partial charge < -0.3 is 14.4 Å². The smallest absolute Gasteiger partial charge is 0.416 e. The molecule has 0 N–H and O–H groups in total. The standard InChI is InChI=1S/C20H19F3N2O4/c1-13(14-8-6-9-16(11-14)20(21,22)23)24-29-12-15-7-4-5-10-17(15)18(25-28-3)19(26)27-2/h4-11H,12H2,1-3H3/b24-13+,25-18+. The summed E-state index contributed by atoms with van der Waals surface area (Å²) in [5.41, 5.74) is 0.722. The van der Waals surface area contributed by atoms with Gasteiger partial charge in [0.25, 0.3) is 0 Å². The fraction of sp³-hybridized carbons (Fsp3) is 0.250. The molecule has 0 saturated carbocycles. The van der Waals surface area contributed by atoms with Crippen molar-refractivity contribution in [3.8, 4) is 0 Å². The second-order valence-corrected chi connectivity index (χ2v) is 5.80. The molecule has 2 aromatic rings. The van der Waals surface area contributed by atoms with Crippen LogP contribution in [0.1, 0.15) is 29.2 Å². The Labute approximate surface area is 165 Å². The van der Waals surface area contributed by atoms with E-state index in [2.05, 4.69) is 10.3 Å². The van der Waals surface area contributed by atoms with Gasteiger partial charge in [-0.2, -0.15) is 13.2 Å². The molecule has 2 aromatic carbocycles. The predicted octanol–water partition coefficient (Wildman–Crippen LogP) is 4.17. The highest BCUT2D eigenvalue weighted by Crippen LogP contribution is 2.29. The number of halogens is 3. The Morgan fingerprint density at radius 2 is 1.76 bits per heavy atom. The number of carbonyl (C=O) groups is 1. The molecule has 0 saturated heterocycles. The molecule has 0 aliphatic heterocycles. The van der Waals surface area contributed by atoms with Gasteiger partial charge in [-0.05, 0) is 24.6 Å². The molecule has 0 radical (unpaired) electrons. The summed E-state index contributed by atoms with van der Waals surface area (Å²) in [5, 5.41) is 7.58. The fourth-order valence-corrected chi connectivity index (χ4v) is 2.43. The number of ether oxygens (including phenoxy) is 1. The number of oxime groups is 2. The van der Waals surface area contributed by atoms with Crippen molar-refractivity contribution in [2.75, 3.05) is 14.2 Å². The second-order valence-electron chi connectivity index (χ2n) is 5.80. The lowest BCUT2D eigenvalue weighted by Gasteiger charge is -2.10. The summed E-state index contributed by atoms with van der Waals surface area (Å²) in [6, 6.07) is 11.5. The Hall–Kier alpha value is -3.36. The van der Waals surface area contributed by atoms with Crippen molar-refractivity contribution in [2.24, 2.45) is 10.3 Å². The Morgan fingerprint density at radius 1 is 1.03 bits per heavy atom. The van der Waals surface area contributed by atoms with Gasteiger partial charge in [0.1, 0.15) is 13.7 Å². The van der Waals surface area contributed by atoms with Crippen molar-refractivity contribution in [1.29, 1.82) is 0 Å². The largest absolute Gasteiger partial charge is 0.464 e. The van der Waals surface area contributed by atoms with Crippen molar-refractivity contribution in [2.45, 2.75) is 19.7 Å². The number of nitrogens with zero attached hydrogens (tertiary/aromatic N) is 2. The molecular formula is C20H19F3N2O4. The average molecular weight is 408 g/mol. The first-order valence-electron chi connectivity index (χ1n) is 8.39. The molecule has 6 nitrogen and oxygen atoms in total. The van der Waals surface area contributed by atoms with E-state index in [1.807, 2.05) is 0 Å². The van der Waals surface area contributed by atoms with Gasteiger partial charge in [-0.3, -0.25) is 0 Å². The topological polar surface area (TPSA) is 69.5 Å². The van der Waals surface area contributed by atoms with E-state index in [0.29, 0.717) is 11.1 Å². The lowest BCUT2D eigenvalue weighted by atomic mass is 10.0. The molecule has 0 aliphatic rings. The molecule has 0 aromatic heterocycles. The fourth-order valence-electron chi connectivity index (χ4n) is 2.43. The van der Waals surface area contributed by atoms with Gasteiger partial charge in [-0.1, -0.05) is 46.7 Å². The van der Waals surface area contributed by atoms with Crippen LogP contribution in [0.15, 0.2) is 58.8 Å². The molecule has 0 aliphatic carbocycles. The molecule has 0 unspecified atom stereocenters. The van der Waals surface area contributed by atoms with E-state index in [1.165, 1.54) is 33.3 Å². The van der Waals surface area contributed by atoms with Crippen LogP contribution < -0.4 is 0 Å². The molecule has 0 spiro atoms. The molecule has 29 heavy (non-hydrogen) atoms. The quantitative estimate of drug-likeness (QED) is 0.392. The van der Waals surface area contributed by atoms with Gasteiger partial charge in [0, 0.05) is 11.1 Å². The number of methoxy groups -OCH3 is 1. The van der Waals surface area contributed by atoms with Crippen LogP contribution in [0.25, 0.3) is 0 Å². The third kappa shape index (κ3) is 5.81. The summed E-state index contributed by atoms with van der Waals surface area (Å²) in [6.45, 7) is 1.49. The molecular weight excluding hydrogens is 389 g/mol. The SMILES string of the molecule is CO/N=C(/C(=O)OC)c1ccccc1CO/N=C(\C)c1cccc(C(F)(F)F)c1. The summed E-state index contributed by atoms with van der Waals surface area (Å²) >= 11 is 0. The summed E-state index contributed by atoms with van der Waals surface area (Å²) in [5.74, 6) is -0.692. The highest BCUT2D eigenvalue weighted by molar-refractivity contribution is 6.43. The third-order valence-corrected chi connectivity index (χ3v) is 3.86. The second kappa shape index (κ2) is 9.72. The van der Waals surface area contributed by atoms with Crippen LogP contribution in [0.3, 0.4) is 0 Å². The molecule has 0 amide bonds. The van der Waals surface area contributed by atoms with Crippen LogP contribution in [-0.4, -0.2) is 31.6 Å². The van der Waals surface area contributed by atoms with Gasteiger partial charge in [-0.25, -0.2) is 4.79 Å². The number of carbonyl (C=O) groups excluding carboxylic acids is 1. The van der Waals surface area contributed by atoms with Gasteiger partial charge in [0.15, 0.2) is 5.71 Å². The minimum absolute atomic E-state index is 0.0484. The van der Waals surface area contributed by atoms with Crippen molar-refractivity contribution in [3.05, 3.63) is 70.8 Å². The maximum atomic E-state index is 12.9. The normalized spacial score (nSPS) is 12.5. The predicted molar refractivity (Wildman–Crippen MR) is 100 cm³/mol. The zero-order chi connectivity index (χ0) is 21.4. The van der Waals surface area contributed by atoms with E-state index < -0.39 is 17.7 Å². The lowest BCUT2D eigenvalue weighted by molar-refractivity contribution is -0.137. The number of benzene rings is 2. The minimum Gasteiger partial charge on any atom is -0.464 e. The van der Waals surface area contributed by atoms with E-state index in [1.54, 1.807) is 24.3 Å².